The fourth-order valence-corrected chi connectivity index (χ4v) is 3.15. The molecule has 4 rings (SSSR count). The Balaban J connectivity index is 1.79. The van der Waals surface area contributed by atoms with Gasteiger partial charge in [-0.3, -0.25) is 0 Å². The lowest BCUT2D eigenvalue weighted by atomic mass is 9.96. The topological polar surface area (TPSA) is 61.6 Å². The highest BCUT2D eigenvalue weighted by Gasteiger charge is 2.10. The number of anilines is 2. The van der Waals surface area contributed by atoms with Gasteiger partial charge in [-0.25, -0.2) is 9.97 Å². The smallest absolute Gasteiger partial charge is 0.227 e. The van der Waals surface area contributed by atoms with Crippen molar-refractivity contribution in [3.05, 3.63) is 84.1 Å². The number of benzene rings is 3. The maximum absolute atomic E-state index is 9.06. The lowest BCUT2D eigenvalue weighted by Gasteiger charge is -2.14. The van der Waals surface area contributed by atoms with Crippen LogP contribution < -0.4 is 5.32 Å². The number of nitrogens with one attached hydrogen (secondary N) is 1. The number of para-hydroxylation sites is 1. The summed E-state index contributed by atoms with van der Waals surface area (Å²) in [6.07, 6.45) is 2.20. The Labute approximate surface area is 158 Å². The minimum Gasteiger partial charge on any atom is -0.324 e. The Morgan fingerprint density at radius 1 is 0.963 bits per heavy atom. The van der Waals surface area contributed by atoms with E-state index in [9.17, 15) is 0 Å². The van der Waals surface area contributed by atoms with E-state index in [2.05, 4.69) is 46.5 Å². The van der Waals surface area contributed by atoms with Crippen LogP contribution in [0.4, 0.5) is 11.6 Å². The average Bonchev–Trinajstić information content (AvgIpc) is 2.70. The molecule has 0 aliphatic heterocycles. The van der Waals surface area contributed by atoms with Crippen molar-refractivity contribution in [2.24, 2.45) is 0 Å². The SMILES string of the molecule is Cc1ccccc1-c1cc(CC#N)ccc1Nc1ncc2ccccc2n1. The van der Waals surface area contributed by atoms with E-state index in [0.29, 0.717) is 12.4 Å². The molecule has 0 bridgehead atoms. The molecule has 0 aliphatic carbocycles. The first-order chi connectivity index (χ1) is 13.2. The lowest BCUT2D eigenvalue weighted by Crippen LogP contribution is -2.00. The molecule has 0 radical (unpaired) electrons. The third kappa shape index (κ3) is 3.49. The number of aromatic nitrogens is 2. The van der Waals surface area contributed by atoms with Gasteiger partial charge in [-0.15, -0.1) is 0 Å². The molecule has 1 aromatic heterocycles. The van der Waals surface area contributed by atoms with Gasteiger partial charge in [-0.05, 0) is 41.8 Å². The molecular weight excluding hydrogens is 332 g/mol. The molecule has 1 heterocycles. The van der Waals surface area contributed by atoms with E-state index in [0.717, 1.165) is 33.3 Å². The molecule has 4 nitrogen and oxygen atoms in total. The van der Waals surface area contributed by atoms with E-state index in [4.69, 9.17) is 5.26 Å². The molecular formula is C23H18N4. The maximum Gasteiger partial charge on any atom is 0.227 e. The van der Waals surface area contributed by atoms with Crippen molar-refractivity contribution in [3.63, 3.8) is 0 Å². The Morgan fingerprint density at radius 2 is 1.78 bits per heavy atom. The van der Waals surface area contributed by atoms with Crippen molar-refractivity contribution in [2.75, 3.05) is 5.32 Å². The molecule has 0 fully saturated rings. The van der Waals surface area contributed by atoms with Gasteiger partial charge in [-0.2, -0.15) is 5.26 Å². The van der Waals surface area contributed by atoms with Gasteiger partial charge in [0, 0.05) is 22.8 Å². The van der Waals surface area contributed by atoms with Gasteiger partial charge in [0.1, 0.15) is 0 Å². The molecule has 0 aliphatic rings. The van der Waals surface area contributed by atoms with E-state index in [1.807, 2.05) is 54.7 Å². The summed E-state index contributed by atoms with van der Waals surface area (Å²) in [6.45, 7) is 2.09. The van der Waals surface area contributed by atoms with E-state index in [1.165, 1.54) is 5.56 Å². The highest BCUT2D eigenvalue weighted by molar-refractivity contribution is 5.84. The highest BCUT2D eigenvalue weighted by Crippen LogP contribution is 2.33. The lowest BCUT2D eigenvalue weighted by molar-refractivity contribution is 1.21. The summed E-state index contributed by atoms with van der Waals surface area (Å²) in [5.74, 6) is 0.552. The molecule has 0 saturated carbocycles. The minimum absolute atomic E-state index is 0.381. The summed E-state index contributed by atoms with van der Waals surface area (Å²) >= 11 is 0. The molecule has 3 aromatic carbocycles. The van der Waals surface area contributed by atoms with Gasteiger partial charge in [0.2, 0.25) is 5.95 Å². The van der Waals surface area contributed by atoms with Gasteiger partial charge in [0.15, 0.2) is 0 Å². The van der Waals surface area contributed by atoms with Crippen LogP contribution in [0.15, 0.2) is 72.9 Å². The Morgan fingerprint density at radius 3 is 2.63 bits per heavy atom. The first-order valence-corrected chi connectivity index (χ1v) is 8.79. The standard InChI is InChI=1S/C23H18N4/c1-16-6-2-4-8-19(16)20-14-17(12-13-24)10-11-22(20)27-23-25-15-18-7-3-5-9-21(18)26-23/h2-11,14-15H,12H2,1H3,(H,25,26,27). The van der Waals surface area contributed by atoms with E-state index in [1.54, 1.807) is 0 Å². The molecule has 0 amide bonds. The third-order valence-electron chi connectivity index (χ3n) is 4.54. The van der Waals surface area contributed by atoms with Crippen LogP contribution in [-0.4, -0.2) is 9.97 Å². The molecule has 4 heteroatoms. The van der Waals surface area contributed by atoms with E-state index in [-0.39, 0.29) is 0 Å². The molecule has 0 saturated heterocycles. The first kappa shape index (κ1) is 16.7. The summed E-state index contributed by atoms with van der Waals surface area (Å²) in [7, 11) is 0. The Kier molecular flexibility index (Phi) is 4.51. The Hall–Kier alpha value is -3.71. The number of hydrogen-bond donors (Lipinski definition) is 1. The Bertz CT molecular complexity index is 1160. The summed E-state index contributed by atoms with van der Waals surface area (Å²) in [5, 5.41) is 13.4. The van der Waals surface area contributed by atoms with Crippen LogP contribution in [0.1, 0.15) is 11.1 Å². The number of rotatable bonds is 4. The van der Waals surface area contributed by atoms with Crippen LogP contribution in [0.5, 0.6) is 0 Å². The van der Waals surface area contributed by atoms with Crippen molar-refractivity contribution in [3.8, 4) is 17.2 Å². The van der Waals surface area contributed by atoms with Crippen molar-refractivity contribution in [1.29, 1.82) is 5.26 Å². The maximum atomic E-state index is 9.06. The fraction of sp³-hybridized carbons (Fsp3) is 0.0870. The predicted molar refractivity (Wildman–Crippen MR) is 109 cm³/mol. The van der Waals surface area contributed by atoms with Gasteiger partial charge in [0.25, 0.3) is 0 Å². The summed E-state index contributed by atoms with van der Waals surface area (Å²) in [4.78, 5) is 9.06. The molecule has 0 unspecified atom stereocenters. The first-order valence-electron chi connectivity index (χ1n) is 8.79. The van der Waals surface area contributed by atoms with Gasteiger partial charge >= 0.3 is 0 Å². The molecule has 0 atom stereocenters. The largest absolute Gasteiger partial charge is 0.324 e. The summed E-state index contributed by atoms with van der Waals surface area (Å²) < 4.78 is 0. The second kappa shape index (κ2) is 7.27. The van der Waals surface area contributed by atoms with E-state index < -0.39 is 0 Å². The van der Waals surface area contributed by atoms with Crippen molar-refractivity contribution >= 4 is 22.5 Å². The average molecular weight is 350 g/mol. The monoisotopic (exact) mass is 350 g/mol. The number of nitriles is 1. The van der Waals surface area contributed by atoms with E-state index >= 15 is 0 Å². The van der Waals surface area contributed by atoms with Crippen LogP contribution in [0, 0.1) is 18.3 Å². The molecule has 130 valence electrons. The summed E-state index contributed by atoms with van der Waals surface area (Å²) in [5.41, 5.74) is 6.14. The number of aryl methyl sites for hydroxylation is 1. The van der Waals surface area contributed by atoms with Crippen LogP contribution in [-0.2, 0) is 6.42 Å². The fourth-order valence-electron chi connectivity index (χ4n) is 3.15. The second-order valence-electron chi connectivity index (χ2n) is 6.41. The molecule has 27 heavy (non-hydrogen) atoms. The zero-order valence-corrected chi connectivity index (χ0v) is 15.0. The van der Waals surface area contributed by atoms with Crippen molar-refractivity contribution < 1.29 is 0 Å². The van der Waals surface area contributed by atoms with Crippen LogP contribution in [0.2, 0.25) is 0 Å². The number of hydrogen-bond acceptors (Lipinski definition) is 4. The third-order valence-corrected chi connectivity index (χ3v) is 4.54. The molecule has 1 N–H and O–H groups in total. The zero-order valence-electron chi connectivity index (χ0n) is 15.0. The van der Waals surface area contributed by atoms with Crippen molar-refractivity contribution in [2.45, 2.75) is 13.3 Å². The predicted octanol–water partition coefficient (Wildman–Crippen LogP) is 5.41. The number of nitrogens with zero attached hydrogens (tertiary/aromatic N) is 3. The molecule has 0 spiro atoms. The quantitative estimate of drug-likeness (QED) is 0.534. The van der Waals surface area contributed by atoms with Crippen LogP contribution in [0.3, 0.4) is 0 Å². The number of fused-ring (bicyclic) bond motifs is 1. The highest BCUT2D eigenvalue weighted by atomic mass is 15.1. The van der Waals surface area contributed by atoms with Gasteiger partial charge in [-0.1, -0.05) is 48.5 Å². The summed E-state index contributed by atoms with van der Waals surface area (Å²) in [6, 6.07) is 24.4. The molecule has 4 aromatic rings. The van der Waals surface area contributed by atoms with Crippen LogP contribution in [0.25, 0.3) is 22.0 Å². The van der Waals surface area contributed by atoms with Gasteiger partial charge in [0.05, 0.1) is 18.0 Å². The van der Waals surface area contributed by atoms with Crippen LogP contribution >= 0.6 is 0 Å². The zero-order chi connectivity index (χ0) is 18.6. The minimum atomic E-state index is 0.381. The van der Waals surface area contributed by atoms with Gasteiger partial charge < -0.3 is 5.32 Å². The second-order valence-corrected chi connectivity index (χ2v) is 6.41. The normalized spacial score (nSPS) is 10.5. The van der Waals surface area contributed by atoms with Crippen molar-refractivity contribution in [1.82, 2.24) is 9.97 Å².